The van der Waals surface area contributed by atoms with E-state index in [9.17, 15) is 9.59 Å². The molecule has 0 aliphatic carbocycles. The van der Waals surface area contributed by atoms with Gasteiger partial charge in [-0.25, -0.2) is 4.98 Å². The Bertz CT molecular complexity index is 1150. The van der Waals surface area contributed by atoms with Crippen molar-refractivity contribution in [2.45, 2.75) is 40.0 Å². The number of aromatic nitrogens is 3. The highest BCUT2D eigenvalue weighted by atomic mass is 16.2. The molecule has 0 saturated carbocycles. The van der Waals surface area contributed by atoms with E-state index in [-0.39, 0.29) is 17.7 Å². The molecule has 2 aromatic heterocycles. The topological polar surface area (TPSA) is 80.1 Å². The van der Waals surface area contributed by atoms with E-state index < -0.39 is 0 Å². The van der Waals surface area contributed by atoms with Gasteiger partial charge in [0.2, 0.25) is 5.91 Å². The minimum atomic E-state index is -0.184. The number of aryl methyl sites for hydroxylation is 2. The van der Waals surface area contributed by atoms with Gasteiger partial charge in [-0.2, -0.15) is 5.10 Å². The predicted molar refractivity (Wildman–Crippen MR) is 113 cm³/mol. The van der Waals surface area contributed by atoms with Gasteiger partial charge in [-0.05, 0) is 49.1 Å². The number of pyridine rings is 1. The van der Waals surface area contributed by atoms with Crippen LogP contribution in [0.3, 0.4) is 0 Å². The van der Waals surface area contributed by atoms with Crippen LogP contribution in [0, 0.1) is 6.92 Å². The Hall–Kier alpha value is -3.22. The molecule has 1 aliphatic rings. The lowest BCUT2D eigenvalue weighted by molar-refractivity contribution is -0.116. The van der Waals surface area contributed by atoms with Crippen LogP contribution in [0.2, 0.25) is 0 Å². The van der Waals surface area contributed by atoms with Gasteiger partial charge in [0.25, 0.3) is 5.91 Å². The van der Waals surface area contributed by atoms with Crippen molar-refractivity contribution in [3.63, 3.8) is 0 Å². The summed E-state index contributed by atoms with van der Waals surface area (Å²) in [5.74, 6) is 0.0449. The Morgan fingerprint density at radius 1 is 1.21 bits per heavy atom. The lowest BCUT2D eigenvalue weighted by Gasteiger charge is -2.15. The molecule has 2 amide bonds. The number of benzene rings is 1. The van der Waals surface area contributed by atoms with E-state index in [1.807, 2.05) is 38.2 Å². The first kappa shape index (κ1) is 19.1. The predicted octanol–water partition coefficient (Wildman–Crippen LogP) is 3.56. The van der Waals surface area contributed by atoms with Crippen LogP contribution in [-0.2, 0) is 18.3 Å². The number of anilines is 2. The van der Waals surface area contributed by atoms with Gasteiger partial charge in [-0.3, -0.25) is 14.3 Å². The maximum absolute atomic E-state index is 13.2. The quantitative estimate of drug-likeness (QED) is 0.740. The fraction of sp³-hybridized carbons (Fsp3) is 0.364. The van der Waals surface area contributed by atoms with Gasteiger partial charge in [-0.1, -0.05) is 13.8 Å². The SMILES string of the molecule is CC(=O)N1CCc2cc(NC(=O)c3cc(C(C)C)nc4c3c(C)nn4C)ccc21. The molecule has 0 radical (unpaired) electrons. The number of carbonyl (C=O) groups excluding carboxylic acids is 2. The number of nitrogens with zero attached hydrogens (tertiary/aromatic N) is 4. The molecule has 0 spiro atoms. The van der Waals surface area contributed by atoms with Gasteiger partial charge in [0.1, 0.15) is 0 Å². The summed E-state index contributed by atoms with van der Waals surface area (Å²) in [4.78, 5) is 31.4. The summed E-state index contributed by atoms with van der Waals surface area (Å²) >= 11 is 0. The van der Waals surface area contributed by atoms with Crippen LogP contribution in [0.25, 0.3) is 11.0 Å². The zero-order valence-electron chi connectivity index (χ0n) is 17.4. The van der Waals surface area contributed by atoms with E-state index in [0.717, 1.165) is 40.1 Å². The lowest BCUT2D eigenvalue weighted by Crippen LogP contribution is -2.25. The number of fused-ring (bicyclic) bond motifs is 2. The van der Waals surface area contributed by atoms with Gasteiger partial charge in [0, 0.05) is 37.6 Å². The second-order valence-electron chi connectivity index (χ2n) is 7.88. The van der Waals surface area contributed by atoms with Crippen LogP contribution < -0.4 is 10.2 Å². The summed E-state index contributed by atoms with van der Waals surface area (Å²) in [7, 11) is 1.84. The van der Waals surface area contributed by atoms with Gasteiger partial charge in [0.15, 0.2) is 5.65 Å². The van der Waals surface area contributed by atoms with Gasteiger partial charge >= 0.3 is 0 Å². The molecule has 1 aliphatic heterocycles. The van der Waals surface area contributed by atoms with Crippen molar-refractivity contribution in [3.8, 4) is 0 Å². The molecule has 0 atom stereocenters. The molecule has 1 aromatic carbocycles. The molecule has 0 saturated heterocycles. The summed E-state index contributed by atoms with van der Waals surface area (Å²) in [6, 6.07) is 7.56. The van der Waals surface area contributed by atoms with Crippen molar-refractivity contribution in [1.29, 1.82) is 0 Å². The Labute approximate surface area is 169 Å². The number of carbonyl (C=O) groups is 2. The third kappa shape index (κ3) is 3.26. The summed E-state index contributed by atoms with van der Waals surface area (Å²) < 4.78 is 1.72. The highest BCUT2D eigenvalue weighted by molar-refractivity contribution is 6.12. The zero-order chi connectivity index (χ0) is 20.9. The normalized spacial score (nSPS) is 13.2. The van der Waals surface area contributed by atoms with Gasteiger partial charge < -0.3 is 10.2 Å². The fourth-order valence-corrected chi connectivity index (χ4v) is 3.94. The second-order valence-corrected chi connectivity index (χ2v) is 7.88. The largest absolute Gasteiger partial charge is 0.322 e. The number of nitrogens with one attached hydrogen (secondary N) is 1. The second kappa shape index (κ2) is 6.99. The molecule has 1 N–H and O–H groups in total. The fourth-order valence-electron chi connectivity index (χ4n) is 3.94. The minimum Gasteiger partial charge on any atom is -0.322 e. The van der Waals surface area contributed by atoms with Crippen LogP contribution >= 0.6 is 0 Å². The summed E-state index contributed by atoms with van der Waals surface area (Å²) in [6.45, 7) is 8.25. The van der Waals surface area contributed by atoms with Crippen molar-refractivity contribution in [3.05, 3.63) is 46.8 Å². The van der Waals surface area contributed by atoms with Crippen LogP contribution in [0.4, 0.5) is 11.4 Å². The molecular weight excluding hydrogens is 366 g/mol. The number of amides is 2. The monoisotopic (exact) mass is 391 g/mol. The molecular formula is C22H25N5O2. The third-order valence-corrected chi connectivity index (χ3v) is 5.44. The Morgan fingerprint density at radius 2 is 1.97 bits per heavy atom. The molecule has 3 heterocycles. The average Bonchev–Trinajstić information content (AvgIpc) is 3.21. The van der Waals surface area contributed by atoms with Crippen LogP contribution in [0.1, 0.15) is 54.0 Å². The smallest absolute Gasteiger partial charge is 0.256 e. The van der Waals surface area contributed by atoms with E-state index in [1.165, 1.54) is 0 Å². The molecule has 29 heavy (non-hydrogen) atoms. The molecule has 0 unspecified atom stereocenters. The average molecular weight is 391 g/mol. The Balaban J connectivity index is 1.71. The summed E-state index contributed by atoms with van der Waals surface area (Å²) in [5.41, 5.74) is 5.64. The van der Waals surface area contributed by atoms with Crippen molar-refractivity contribution in [2.75, 3.05) is 16.8 Å². The molecule has 7 heteroatoms. The maximum atomic E-state index is 13.2. The van der Waals surface area contributed by atoms with Crippen LogP contribution in [0.15, 0.2) is 24.3 Å². The molecule has 4 rings (SSSR count). The van der Waals surface area contributed by atoms with Crippen LogP contribution in [0.5, 0.6) is 0 Å². The van der Waals surface area contributed by atoms with Crippen molar-refractivity contribution in [1.82, 2.24) is 14.8 Å². The number of rotatable bonds is 3. The molecule has 3 aromatic rings. The first-order chi connectivity index (χ1) is 13.8. The summed E-state index contributed by atoms with van der Waals surface area (Å²) in [5, 5.41) is 8.25. The molecule has 7 nitrogen and oxygen atoms in total. The van der Waals surface area contributed by atoms with Crippen molar-refractivity contribution in [2.24, 2.45) is 7.05 Å². The van der Waals surface area contributed by atoms with E-state index >= 15 is 0 Å². The van der Waals surface area contributed by atoms with Gasteiger partial charge in [-0.15, -0.1) is 0 Å². The minimum absolute atomic E-state index is 0.0352. The molecule has 0 fully saturated rings. The molecule has 150 valence electrons. The first-order valence-corrected chi connectivity index (χ1v) is 9.83. The van der Waals surface area contributed by atoms with Gasteiger partial charge in [0.05, 0.1) is 16.6 Å². The third-order valence-electron chi connectivity index (χ3n) is 5.44. The zero-order valence-corrected chi connectivity index (χ0v) is 17.4. The Morgan fingerprint density at radius 3 is 2.66 bits per heavy atom. The highest BCUT2D eigenvalue weighted by Crippen LogP contribution is 2.31. The van der Waals surface area contributed by atoms with Crippen molar-refractivity contribution < 1.29 is 9.59 Å². The Kier molecular flexibility index (Phi) is 4.61. The number of hydrogen-bond acceptors (Lipinski definition) is 4. The number of hydrogen-bond donors (Lipinski definition) is 1. The van der Waals surface area contributed by atoms with E-state index in [1.54, 1.807) is 16.5 Å². The highest BCUT2D eigenvalue weighted by Gasteiger charge is 2.23. The molecule has 0 bridgehead atoms. The van der Waals surface area contributed by atoms with E-state index in [4.69, 9.17) is 4.98 Å². The lowest BCUT2D eigenvalue weighted by atomic mass is 10.0. The first-order valence-electron chi connectivity index (χ1n) is 9.83. The van der Waals surface area contributed by atoms with Crippen LogP contribution in [-0.4, -0.2) is 33.1 Å². The van der Waals surface area contributed by atoms with Crippen molar-refractivity contribution >= 4 is 34.2 Å². The standard InChI is InChI=1S/C22H25N5O2/c1-12(2)18-11-17(20-13(3)25-26(5)21(20)24-18)22(29)23-16-6-7-19-15(10-16)8-9-27(19)14(4)28/h6-7,10-12H,8-9H2,1-5H3,(H,23,29). The maximum Gasteiger partial charge on any atom is 0.256 e. The van der Waals surface area contributed by atoms with E-state index in [2.05, 4.69) is 24.3 Å². The van der Waals surface area contributed by atoms with E-state index in [0.29, 0.717) is 17.8 Å². The summed E-state index contributed by atoms with van der Waals surface area (Å²) in [6.07, 6.45) is 0.789.